The molecule has 96 valence electrons. The molecule has 0 aliphatic carbocycles. The van der Waals surface area contributed by atoms with Gasteiger partial charge < -0.3 is 16.6 Å². The molecule has 0 heterocycles. The smallest absolute Gasteiger partial charge is 0.124 e. The van der Waals surface area contributed by atoms with Gasteiger partial charge in [0.25, 0.3) is 0 Å². The van der Waals surface area contributed by atoms with Gasteiger partial charge in [-0.2, -0.15) is 0 Å². The summed E-state index contributed by atoms with van der Waals surface area (Å²) in [5.74, 6) is 0.258. The topological polar surface area (TPSA) is 84.6 Å². The Kier molecular flexibility index (Phi) is 6.46. The molecule has 0 saturated heterocycles. The average molecular weight is 237 g/mol. The van der Waals surface area contributed by atoms with Crippen LogP contribution in [0.5, 0.6) is 5.75 Å². The Balaban J connectivity index is 0.00000121. The van der Waals surface area contributed by atoms with E-state index in [-0.39, 0.29) is 11.3 Å². The standard InChI is InChI=1S/C12H18N2O.CH5N/c1-9-4-5-10(11(15)6-9)7-14-8-12(2,3)13;1-2/h4-7,15H,8,13H2,1-3H3;2H2,1H3. The molecule has 5 N–H and O–H groups in total. The monoisotopic (exact) mass is 237 g/mol. The number of aromatic hydroxyl groups is 1. The Morgan fingerprint density at radius 2 is 1.94 bits per heavy atom. The van der Waals surface area contributed by atoms with E-state index in [0.29, 0.717) is 6.54 Å². The first-order valence-corrected chi connectivity index (χ1v) is 5.54. The lowest BCUT2D eigenvalue weighted by Gasteiger charge is -2.14. The average Bonchev–Trinajstić information content (AvgIpc) is 2.23. The van der Waals surface area contributed by atoms with E-state index < -0.39 is 0 Å². The number of benzene rings is 1. The third-order valence-corrected chi connectivity index (χ3v) is 1.92. The van der Waals surface area contributed by atoms with E-state index in [2.05, 4.69) is 10.7 Å². The van der Waals surface area contributed by atoms with Crippen molar-refractivity contribution in [1.29, 1.82) is 0 Å². The van der Waals surface area contributed by atoms with Crippen LogP contribution in [0.25, 0.3) is 0 Å². The molecule has 0 spiro atoms. The Morgan fingerprint density at radius 3 is 2.41 bits per heavy atom. The minimum Gasteiger partial charge on any atom is -0.507 e. The largest absolute Gasteiger partial charge is 0.507 e. The van der Waals surface area contributed by atoms with Crippen molar-refractivity contribution in [2.24, 2.45) is 16.5 Å². The number of aryl methyl sites for hydroxylation is 1. The van der Waals surface area contributed by atoms with E-state index in [0.717, 1.165) is 11.1 Å². The fraction of sp³-hybridized carbons (Fsp3) is 0.462. The molecule has 1 rings (SSSR count). The molecular weight excluding hydrogens is 214 g/mol. The lowest BCUT2D eigenvalue weighted by molar-refractivity contribution is 0.474. The zero-order chi connectivity index (χ0) is 13.5. The number of phenols is 1. The molecule has 0 aliphatic heterocycles. The lowest BCUT2D eigenvalue weighted by atomic mass is 10.1. The Hall–Kier alpha value is -1.39. The number of hydrogen-bond donors (Lipinski definition) is 3. The predicted molar refractivity (Wildman–Crippen MR) is 73.7 cm³/mol. The van der Waals surface area contributed by atoms with Crippen molar-refractivity contribution < 1.29 is 5.11 Å². The number of nitrogens with two attached hydrogens (primary N) is 2. The zero-order valence-electron chi connectivity index (χ0n) is 11.1. The highest BCUT2D eigenvalue weighted by Crippen LogP contribution is 2.16. The van der Waals surface area contributed by atoms with Crippen molar-refractivity contribution in [3.05, 3.63) is 29.3 Å². The van der Waals surface area contributed by atoms with E-state index in [9.17, 15) is 5.11 Å². The summed E-state index contributed by atoms with van der Waals surface area (Å²) in [6.07, 6.45) is 1.66. The first-order valence-electron chi connectivity index (χ1n) is 5.54. The maximum atomic E-state index is 9.60. The van der Waals surface area contributed by atoms with Gasteiger partial charge in [0.1, 0.15) is 5.75 Å². The van der Waals surface area contributed by atoms with Crippen molar-refractivity contribution in [2.75, 3.05) is 13.6 Å². The fourth-order valence-electron chi connectivity index (χ4n) is 1.14. The van der Waals surface area contributed by atoms with Crippen molar-refractivity contribution >= 4 is 6.21 Å². The van der Waals surface area contributed by atoms with E-state index in [1.54, 1.807) is 12.3 Å². The molecule has 0 aromatic heterocycles. The summed E-state index contributed by atoms with van der Waals surface area (Å²) in [6, 6.07) is 5.50. The van der Waals surface area contributed by atoms with Crippen LogP contribution in [0.3, 0.4) is 0 Å². The lowest BCUT2D eigenvalue weighted by Crippen LogP contribution is -2.35. The molecule has 0 radical (unpaired) electrons. The summed E-state index contributed by atoms with van der Waals surface area (Å²) in [5.41, 5.74) is 11.7. The molecule has 0 aliphatic rings. The van der Waals surface area contributed by atoms with Crippen molar-refractivity contribution in [3.8, 4) is 5.75 Å². The van der Waals surface area contributed by atoms with Crippen LogP contribution in [0.1, 0.15) is 25.0 Å². The summed E-state index contributed by atoms with van der Waals surface area (Å²) in [4.78, 5) is 4.19. The van der Waals surface area contributed by atoms with Gasteiger partial charge in [-0.15, -0.1) is 0 Å². The van der Waals surface area contributed by atoms with Gasteiger partial charge in [-0.25, -0.2) is 0 Å². The summed E-state index contributed by atoms with van der Waals surface area (Å²) in [7, 11) is 1.50. The molecule has 4 heteroatoms. The van der Waals surface area contributed by atoms with Gasteiger partial charge in [0.2, 0.25) is 0 Å². The highest BCUT2D eigenvalue weighted by molar-refractivity contribution is 5.83. The quantitative estimate of drug-likeness (QED) is 0.695. The summed E-state index contributed by atoms with van der Waals surface area (Å²) in [6.45, 7) is 6.31. The van der Waals surface area contributed by atoms with Gasteiger partial charge in [0.05, 0.1) is 6.54 Å². The number of nitrogens with zero attached hydrogens (tertiary/aromatic N) is 1. The Bertz CT molecular complexity index is 367. The highest BCUT2D eigenvalue weighted by Gasteiger charge is 2.08. The van der Waals surface area contributed by atoms with Gasteiger partial charge >= 0.3 is 0 Å². The second-order valence-corrected chi connectivity index (χ2v) is 4.52. The molecule has 0 bridgehead atoms. The highest BCUT2D eigenvalue weighted by atomic mass is 16.3. The SMILES string of the molecule is CN.Cc1ccc(C=NCC(C)(C)N)c(O)c1. The van der Waals surface area contributed by atoms with E-state index in [1.165, 1.54) is 7.05 Å². The maximum absolute atomic E-state index is 9.60. The first kappa shape index (κ1) is 15.6. The Labute approximate surface area is 103 Å². The number of aliphatic imine (C=N–C) groups is 1. The van der Waals surface area contributed by atoms with E-state index in [4.69, 9.17) is 5.73 Å². The van der Waals surface area contributed by atoms with Gasteiger partial charge in [0.15, 0.2) is 0 Å². The molecule has 0 saturated carbocycles. The van der Waals surface area contributed by atoms with Crippen LogP contribution in [-0.2, 0) is 0 Å². The molecule has 0 unspecified atom stereocenters. The van der Waals surface area contributed by atoms with E-state index in [1.807, 2.05) is 32.9 Å². The van der Waals surface area contributed by atoms with Crippen LogP contribution in [-0.4, -0.2) is 30.5 Å². The van der Waals surface area contributed by atoms with E-state index >= 15 is 0 Å². The number of phenolic OH excluding ortho intramolecular Hbond substituents is 1. The van der Waals surface area contributed by atoms with Crippen molar-refractivity contribution in [1.82, 2.24) is 0 Å². The molecule has 1 aromatic rings. The number of hydrogen-bond acceptors (Lipinski definition) is 4. The van der Waals surface area contributed by atoms with Gasteiger partial charge in [-0.05, 0) is 45.5 Å². The molecule has 4 nitrogen and oxygen atoms in total. The van der Waals surface area contributed by atoms with Crippen LogP contribution >= 0.6 is 0 Å². The summed E-state index contributed by atoms with van der Waals surface area (Å²) < 4.78 is 0. The van der Waals surface area contributed by atoms with Crippen LogP contribution < -0.4 is 11.5 Å². The molecular formula is C13H23N3O. The second kappa shape index (κ2) is 7.04. The van der Waals surface area contributed by atoms with Crippen LogP contribution in [0.4, 0.5) is 0 Å². The van der Waals surface area contributed by atoms with Crippen LogP contribution in [0.2, 0.25) is 0 Å². The third-order valence-electron chi connectivity index (χ3n) is 1.92. The first-order chi connectivity index (χ1) is 7.88. The zero-order valence-corrected chi connectivity index (χ0v) is 11.1. The number of rotatable bonds is 3. The summed E-state index contributed by atoms with van der Waals surface area (Å²) in [5, 5.41) is 9.60. The second-order valence-electron chi connectivity index (χ2n) is 4.52. The molecule has 0 amide bonds. The van der Waals surface area contributed by atoms with Crippen molar-refractivity contribution in [2.45, 2.75) is 26.3 Å². The molecule has 17 heavy (non-hydrogen) atoms. The van der Waals surface area contributed by atoms with Crippen molar-refractivity contribution in [3.63, 3.8) is 0 Å². The maximum Gasteiger partial charge on any atom is 0.124 e. The molecule has 0 atom stereocenters. The fourth-order valence-corrected chi connectivity index (χ4v) is 1.14. The van der Waals surface area contributed by atoms with Crippen LogP contribution in [0, 0.1) is 6.92 Å². The molecule has 0 fully saturated rings. The van der Waals surface area contributed by atoms with Gasteiger partial charge in [0, 0.05) is 17.3 Å². The normalized spacial score (nSPS) is 11.2. The van der Waals surface area contributed by atoms with Crippen LogP contribution in [0.15, 0.2) is 23.2 Å². The van der Waals surface area contributed by atoms with Gasteiger partial charge in [-0.3, -0.25) is 4.99 Å². The predicted octanol–water partition coefficient (Wildman–Crippen LogP) is 1.43. The summed E-state index contributed by atoms with van der Waals surface area (Å²) >= 11 is 0. The molecule has 1 aromatic carbocycles. The minimum atomic E-state index is -0.309. The third kappa shape index (κ3) is 6.71. The Morgan fingerprint density at radius 1 is 1.35 bits per heavy atom. The minimum absolute atomic E-state index is 0.258. The van der Waals surface area contributed by atoms with Gasteiger partial charge in [-0.1, -0.05) is 6.07 Å².